The van der Waals surface area contributed by atoms with Gasteiger partial charge in [-0.1, -0.05) is 6.07 Å². The summed E-state index contributed by atoms with van der Waals surface area (Å²) >= 11 is 1.57. The van der Waals surface area contributed by atoms with Crippen LogP contribution in [0.4, 0.5) is 4.79 Å². The van der Waals surface area contributed by atoms with E-state index in [4.69, 9.17) is 4.74 Å². The van der Waals surface area contributed by atoms with E-state index in [9.17, 15) is 9.90 Å². The molecule has 0 saturated carbocycles. The smallest absolute Gasteiger partial charge is 0.409 e. The van der Waals surface area contributed by atoms with Crippen molar-refractivity contribution in [2.75, 3.05) is 26.2 Å². The monoisotopic (exact) mass is 312 g/mol. The second-order valence-corrected chi connectivity index (χ2v) is 6.54. The third kappa shape index (κ3) is 4.43. The van der Waals surface area contributed by atoms with Crippen LogP contribution in [0.3, 0.4) is 0 Å². The number of hydrogen-bond donors (Lipinski definition) is 2. The Morgan fingerprint density at radius 1 is 1.57 bits per heavy atom. The quantitative estimate of drug-likeness (QED) is 0.875. The molecule has 0 spiro atoms. The number of amides is 1. The third-order valence-electron chi connectivity index (χ3n) is 3.81. The highest BCUT2D eigenvalue weighted by molar-refractivity contribution is 7.10. The molecule has 0 bridgehead atoms. The lowest BCUT2D eigenvalue weighted by Gasteiger charge is -2.33. The van der Waals surface area contributed by atoms with Gasteiger partial charge in [-0.15, -0.1) is 11.3 Å². The number of aliphatic hydroxyl groups is 1. The second-order valence-electron chi connectivity index (χ2n) is 5.59. The van der Waals surface area contributed by atoms with Gasteiger partial charge in [0.15, 0.2) is 0 Å². The van der Waals surface area contributed by atoms with Crippen molar-refractivity contribution in [1.29, 1.82) is 0 Å². The molecule has 0 aliphatic carbocycles. The van der Waals surface area contributed by atoms with Gasteiger partial charge >= 0.3 is 6.09 Å². The summed E-state index contributed by atoms with van der Waals surface area (Å²) in [6.07, 6.45) is 1.56. The number of rotatable bonds is 5. The molecule has 118 valence electrons. The lowest BCUT2D eigenvalue weighted by molar-refractivity contribution is 0.0520. The van der Waals surface area contributed by atoms with Gasteiger partial charge in [0.2, 0.25) is 0 Å². The minimum atomic E-state index is -0.841. The molecular weight excluding hydrogens is 288 g/mol. The van der Waals surface area contributed by atoms with Gasteiger partial charge in [-0.2, -0.15) is 0 Å². The van der Waals surface area contributed by atoms with Gasteiger partial charge in [0.1, 0.15) is 5.60 Å². The Morgan fingerprint density at radius 3 is 2.86 bits per heavy atom. The highest BCUT2D eigenvalue weighted by Gasteiger charge is 2.28. The summed E-state index contributed by atoms with van der Waals surface area (Å²) in [5.74, 6) is 0. The Bertz CT molecular complexity index is 440. The van der Waals surface area contributed by atoms with E-state index < -0.39 is 5.60 Å². The van der Waals surface area contributed by atoms with Crippen LogP contribution in [0.25, 0.3) is 0 Å². The van der Waals surface area contributed by atoms with E-state index in [1.54, 1.807) is 16.2 Å². The minimum absolute atomic E-state index is 0.221. The summed E-state index contributed by atoms with van der Waals surface area (Å²) in [5.41, 5.74) is -0.841. The van der Waals surface area contributed by atoms with Crippen molar-refractivity contribution >= 4 is 17.4 Å². The molecule has 0 unspecified atom stereocenters. The molecule has 1 saturated heterocycles. The molecule has 2 heterocycles. The number of hydrogen-bond acceptors (Lipinski definition) is 5. The van der Waals surface area contributed by atoms with Gasteiger partial charge in [-0.25, -0.2) is 4.79 Å². The molecule has 6 heteroatoms. The summed E-state index contributed by atoms with van der Waals surface area (Å²) in [7, 11) is 0. The van der Waals surface area contributed by atoms with E-state index in [1.165, 1.54) is 0 Å². The maximum absolute atomic E-state index is 11.6. The Kier molecular flexibility index (Phi) is 5.61. The van der Waals surface area contributed by atoms with Gasteiger partial charge in [-0.05, 0) is 38.1 Å². The van der Waals surface area contributed by atoms with E-state index in [0.717, 1.165) is 17.7 Å². The number of nitrogens with one attached hydrogen (secondary N) is 1. The van der Waals surface area contributed by atoms with E-state index in [2.05, 4.69) is 5.32 Å². The number of thiophene rings is 1. The number of piperidine rings is 1. The van der Waals surface area contributed by atoms with Crippen LogP contribution < -0.4 is 5.32 Å². The molecule has 0 radical (unpaired) electrons. The standard InChI is InChI=1S/C15H24N2O3S/c1-3-20-14(18)17-8-6-12(7-9-17)16-11-15(2,19)13-5-4-10-21-13/h4-5,10,12,16,19H,3,6-9,11H2,1-2H3/t15-/m0/s1. The zero-order valence-corrected chi connectivity index (χ0v) is 13.5. The molecule has 21 heavy (non-hydrogen) atoms. The molecule has 1 aromatic rings. The molecule has 1 aromatic heterocycles. The fourth-order valence-electron chi connectivity index (χ4n) is 2.50. The number of nitrogens with zero attached hydrogens (tertiary/aromatic N) is 1. The fourth-order valence-corrected chi connectivity index (χ4v) is 3.28. The second kappa shape index (κ2) is 7.24. The van der Waals surface area contributed by atoms with Gasteiger partial charge in [-0.3, -0.25) is 0 Å². The molecule has 1 amide bonds. The zero-order valence-electron chi connectivity index (χ0n) is 12.7. The average Bonchev–Trinajstić information content (AvgIpc) is 3.01. The zero-order chi connectivity index (χ0) is 15.3. The first-order valence-electron chi connectivity index (χ1n) is 7.44. The Hall–Kier alpha value is -1.11. The maximum atomic E-state index is 11.6. The van der Waals surface area contributed by atoms with Crippen LogP contribution in [0, 0.1) is 0 Å². The summed E-state index contributed by atoms with van der Waals surface area (Å²) in [6.45, 7) is 6.01. The molecule has 0 aromatic carbocycles. The summed E-state index contributed by atoms with van der Waals surface area (Å²) in [5, 5.41) is 15.9. The lowest BCUT2D eigenvalue weighted by atomic mass is 10.0. The normalized spacial score (nSPS) is 19.3. The summed E-state index contributed by atoms with van der Waals surface area (Å²) < 4.78 is 5.01. The van der Waals surface area contributed by atoms with Crippen LogP contribution >= 0.6 is 11.3 Å². The topological polar surface area (TPSA) is 61.8 Å². The average molecular weight is 312 g/mol. The van der Waals surface area contributed by atoms with Gasteiger partial charge < -0.3 is 20.1 Å². The van der Waals surface area contributed by atoms with Crippen molar-refractivity contribution in [3.8, 4) is 0 Å². The predicted molar refractivity (Wildman–Crippen MR) is 83.5 cm³/mol. The molecule has 1 aliphatic heterocycles. The first-order valence-corrected chi connectivity index (χ1v) is 8.32. The maximum Gasteiger partial charge on any atom is 0.409 e. The van der Waals surface area contributed by atoms with Crippen molar-refractivity contribution in [2.24, 2.45) is 0 Å². The van der Waals surface area contributed by atoms with Gasteiger partial charge in [0.25, 0.3) is 0 Å². The number of ether oxygens (including phenoxy) is 1. The highest BCUT2D eigenvalue weighted by atomic mass is 32.1. The first kappa shape index (κ1) is 16.3. The van der Waals surface area contributed by atoms with Crippen molar-refractivity contribution in [3.63, 3.8) is 0 Å². The van der Waals surface area contributed by atoms with Crippen molar-refractivity contribution < 1.29 is 14.6 Å². The first-order chi connectivity index (χ1) is 10.0. The van der Waals surface area contributed by atoms with Gasteiger partial charge in [0.05, 0.1) is 6.61 Å². The van der Waals surface area contributed by atoms with E-state index >= 15 is 0 Å². The predicted octanol–water partition coefficient (Wildman–Crippen LogP) is 2.17. The lowest BCUT2D eigenvalue weighted by Crippen LogP contribution is -2.48. The van der Waals surface area contributed by atoms with Crippen molar-refractivity contribution in [1.82, 2.24) is 10.2 Å². The summed E-state index contributed by atoms with van der Waals surface area (Å²) in [6, 6.07) is 4.24. The molecule has 2 N–H and O–H groups in total. The number of likely N-dealkylation sites (tertiary alicyclic amines) is 1. The molecule has 1 aliphatic rings. The van der Waals surface area contributed by atoms with Crippen molar-refractivity contribution in [2.45, 2.75) is 38.3 Å². The van der Waals surface area contributed by atoms with Crippen molar-refractivity contribution in [3.05, 3.63) is 22.4 Å². The Balaban J connectivity index is 1.75. The molecule has 5 nitrogen and oxygen atoms in total. The Labute approximate surface area is 129 Å². The molecular formula is C15H24N2O3S. The molecule has 1 atom stereocenters. The van der Waals surface area contributed by atoms with E-state index in [-0.39, 0.29) is 6.09 Å². The molecule has 2 rings (SSSR count). The minimum Gasteiger partial charge on any atom is -0.450 e. The summed E-state index contributed by atoms with van der Waals surface area (Å²) in [4.78, 5) is 14.3. The molecule has 1 fully saturated rings. The highest BCUT2D eigenvalue weighted by Crippen LogP contribution is 2.25. The van der Waals surface area contributed by atoms with Crippen LogP contribution in [0.2, 0.25) is 0 Å². The SMILES string of the molecule is CCOC(=O)N1CCC(NC[C@](C)(O)c2cccs2)CC1. The largest absolute Gasteiger partial charge is 0.450 e. The number of carbonyl (C=O) groups is 1. The van der Waals surface area contributed by atoms with Crippen LogP contribution in [-0.2, 0) is 10.3 Å². The van der Waals surface area contributed by atoms with E-state index in [0.29, 0.717) is 32.3 Å². The fraction of sp³-hybridized carbons (Fsp3) is 0.667. The van der Waals surface area contributed by atoms with Crippen LogP contribution in [0.15, 0.2) is 17.5 Å². The van der Waals surface area contributed by atoms with Crippen LogP contribution in [0.1, 0.15) is 31.6 Å². The van der Waals surface area contributed by atoms with Gasteiger partial charge in [0, 0.05) is 30.6 Å². The number of carbonyl (C=O) groups excluding carboxylic acids is 1. The Morgan fingerprint density at radius 2 is 2.29 bits per heavy atom. The van der Waals surface area contributed by atoms with E-state index in [1.807, 2.05) is 31.4 Å². The van der Waals surface area contributed by atoms with Crippen LogP contribution in [-0.4, -0.2) is 48.4 Å². The third-order valence-corrected chi connectivity index (χ3v) is 4.93. The van der Waals surface area contributed by atoms with Crippen LogP contribution in [0.5, 0.6) is 0 Å².